The molecule has 0 bridgehead atoms. The van der Waals surface area contributed by atoms with E-state index in [9.17, 15) is 4.79 Å². The van der Waals surface area contributed by atoms with E-state index in [1.165, 1.54) is 29.7 Å². The fourth-order valence-electron chi connectivity index (χ4n) is 3.92. The number of fused-ring (bicyclic) bond motifs is 1. The maximum atomic E-state index is 12.8. The molecule has 1 aliphatic carbocycles. The summed E-state index contributed by atoms with van der Waals surface area (Å²) in [4.78, 5) is 17.3. The molecule has 3 heterocycles. The minimum absolute atomic E-state index is 0.264. The van der Waals surface area contributed by atoms with Crippen molar-refractivity contribution in [2.75, 3.05) is 13.1 Å². The molecule has 0 aromatic carbocycles. The number of rotatable bonds is 4. The number of hydrogen-bond donors (Lipinski definition) is 0. The van der Waals surface area contributed by atoms with Crippen LogP contribution in [0.3, 0.4) is 0 Å². The SMILES string of the molecule is O=C(c1cc2c(s1)CCCC2)N1CCC(CCn2cccn2)CC1. The van der Waals surface area contributed by atoms with Crippen molar-refractivity contribution in [2.24, 2.45) is 5.92 Å². The number of aromatic nitrogens is 2. The lowest BCUT2D eigenvalue weighted by Gasteiger charge is -2.31. The number of hydrogen-bond acceptors (Lipinski definition) is 3. The third kappa shape index (κ3) is 3.41. The molecule has 0 atom stereocenters. The highest BCUT2D eigenvalue weighted by Gasteiger charge is 2.26. The number of amides is 1. The van der Waals surface area contributed by atoms with Crippen LogP contribution in [0.1, 0.15) is 52.2 Å². The summed E-state index contributed by atoms with van der Waals surface area (Å²) in [7, 11) is 0. The highest BCUT2D eigenvalue weighted by atomic mass is 32.1. The molecule has 2 aromatic rings. The van der Waals surface area contributed by atoms with Crippen molar-refractivity contribution in [1.29, 1.82) is 0 Å². The van der Waals surface area contributed by atoms with Gasteiger partial charge in [0.2, 0.25) is 0 Å². The van der Waals surface area contributed by atoms with Crippen LogP contribution in [0.25, 0.3) is 0 Å². The Kier molecular flexibility index (Phi) is 4.69. The van der Waals surface area contributed by atoms with E-state index in [-0.39, 0.29) is 5.91 Å². The summed E-state index contributed by atoms with van der Waals surface area (Å²) in [6.07, 6.45) is 12.2. The van der Waals surface area contributed by atoms with Gasteiger partial charge in [0.1, 0.15) is 0 Å². The lowest BCUT2D eigenvalue weighted by atomic mass is 9.93. The van der Waals surface area contributed by atoms with Gasteiger partial charge >= 0.3 is 0 Å². The normalized spacial score (nSPS) is 18.6. The first-order valence-electron chi connectivity index (χ1n) is 9.18. The van der Waals surface area contributed by atoms with Crippen LogP contribution in [-0.4, -0.2) is 33.7 Å². The molecule has 1 aliphatic heterocycles. The molecule has 24 heavy (non-hydrogen) atoms. The molecule has 0 unspecified atom stereocenters. The highest BCUT2D eigenvalue weighted by Crippen LogP contribution is 2.31. The summed E-state index contributed by atoms with van der Waals surface area (Å²) in [6.45, 7) is 2.81. The Labute approximate surface area is 147 Å². The Morgan fingerprint density at radius 1 is 1.25 bits per heavy atom. The third-order valence-electron chi connectivity index (χ3n) is 5.43. The smallest absolute Gasteiger partial charge is 0.263 e. The van der Waals surface area contributed by atoms with Gasteiger partial charge < -0.3 is 4.90 Å². The predicted octanol–water partition coefficient (Wildman–Crippen LogP) is 3.77. The van der Waals surface area contributed by atoms with E-state index in [1.54, 1.807) is 11.3 Å². The van der Waals surface area contributed by atoms with Crippen LogP contribution < -0.4 is 0 Å². The zero-order valence-electron chi connectivity index (χ0n) is 14.1. The quantitative estimate of drug-likeness (QED) is 0.847. The lowest BCUT2D eigenvalue weighted by molar-refractivity contribution is 0.0689. The summed E-state index contributed by atoms with van der Waals surface area (Å²) < 4.78 is 2.01. The molecule has 4 nitrogen and oxygen atoms in total. The number of carbonyl (C=O) groups excluding carboxylic acids is 1. The van der Waals surface area contributed by atoms with Crippen molar-refractivity contribution in [3.05, 3.63) is 39.8 Å². The Morgan fingerprint density at radius 3 is 2.83 bits per heavy atom. The number of piperidine rings is 1. The molecule has 0 spiro atoms. The van der Waals surface area contributed by atoms with Crippen molar-refractivity contribution >= 4 is 17.2 Å². The first-order valence-corrected chi connectivity index (χ1v) is 9.99. The second-order valence-electron chi connectivity index (χ2n) is 7.06. The number of likely N-dealkylation sites (tertiary alicyclic amines) is 1. The molecule has 1 fully saturated rings. The molecule has 0 N–H and O–H groups in total. The Balaban J connectivity index is 1.30. The van der Waals surface area contributed by atoms with E-state index < -0.39 is 0 Å². The van der Waals surface area contributed by atoms with Crippen LogP contribution in [0.4, 0.5) is 0 Å². The summed E-state index contributed by atoms with van der Waals surface area (Å²) in [5.74, 6) is 0.981. The van der Waals surface area contributed by atoms with E-state index >= 15 is 0 Å². The molecule has 2 aromatic heterocycles. The van der Waals surface area contributed by atoms with Crippen molar-refractivity contribution < 1.29 is 4.79 Å². The first kappa shape index (κ1) is 15.9. The maximum Gasteiger partial charge on any atom is 0.263 e. The average molecular weight is 343 g/mol. The van der Waals surface area contributed by atoms with E-state index in [4.69, 9.17) is 0 Å². The Hall–Kier alpha value is -1.62. The van der Waals surface area contributed by atoms with Crippen molar-refractivity contribution in [2.45, 2.75) is 51.5 Å². The summed E-state index contributed by atoms with van der Waals surface area (Å²) in [5, 5.41) is 4.27. The van der Waals surface area contributed by atoms with Gasteiger partial charge in [0, 0.05) is 36.9 Å². The van der Waals surface area contributed by atoms with E-state index in [0.717, 1.165) is 56.1 Å². The van der Waals surface area contributed by atoms with Crippen LogP contribution in [0, 0.1) is 5.92 Å². The standard InChI is InChI=1S/C19H25N3OS/c23-19(18-14-16-4-1-2-5-17(16)24-18)21-11-6-15(7-12-21)8-13-22-10-3-9-20-22/h3,9-10,14-15H,1-2,4-8,11-13H2. The van der Waals surface area contributed by atoms with Crippen molar-refractivity contribution in [3.63, 3.8) is 0 Å². The predicted molar refractivity (Wildman–Crippen MR) is 96.4 cm³/mol. The molecule has 4 rings (SSSR count). The molecule has 1 amide bonds. The van der Waals surface area contributed by atoms with Gasteiger partial charge in [0.15, 0.2) is 0 Å². The summed E-state index contributed by atoms with van der Waals surface area (Å²) in [6, 6.07) is 4.15. The average Bonchev–Trinajstić information content (AvgIpc) is 3.29. The van der Waals surface area contributed by atoms with Gasteiger partial charge in [0.25, 0.3) is 5.91 Å². The van der Waals surface area contributed by atoms with E-state index in [2.05, 4.69) is 16.1 Å². The molecule has 2 aliphatic rings. The van der Waals surface area contributed by atoms with Crippen molar-refractivity contribution in [1.82, 2.24) is 14.7 Å². The fraction of sp³-hybridized carbons (Fsp3) is 0.579. The number of aryl methyl sites for hydroxylation is 3. The Bertz CT molecular complexity index is 660. The number of nitrogens with zero attached hydrogens (tertiary/aromatic N) is 3. The van der Waals surface area contributed by atoms with Crippen LogP contribution in [-0.2, 0) is 19.4 Å². The van der Waals surface area contributed by atoms with Crippen molar-refractivity contribution in [3.8, 4) is 0 Å². The van der Waals surface area contributed by atoms with Crippen LogP contribution in [0.15, 0.2) is 24.5 Å². The zero-order chi connectivity index (χ0) is 16.4. The topological polar surface area (TPSA) is 38.1 Å². The minimum atomic E-state index is 0.264. The third-order valence-corrected chi connectivity index (χ3v) is 6.66. The second kappa shape index (κ2) is 7.09. The number of thiophene rings is 1. The van der Waals surface area contributed by atoms with Gasteiger partial charge in [-0.1, -0.05) is 0 Å². The van der Waals surface area contributed by atoms with Crippen LogP contribution >= 0.6 is 11.3 Å². The van der Waals surface area contributed by atoms with Crippen LogP contribution in [0.5, 0.6) is 0 Å². The molecule has 0 saturated carbocycles. The molecular weight excluding hydrogens is 318 g/mol. The van der Waals surface area contributed by atoms with E-state index in [1.807, 2.05) is 23.1 Å². The minimum Gasteiger partial charge on any atom is -0.338 e. The van der Waals surface area contributed by atoms with Gasteiger partial charge in [-0.05, 0) is 68.6 Å². The summed E-state index contributed by atoms with van der Waals surface area (Å²) in [5.41, 5.74) is 1.43. The molecule has 0 radical (unpaired) electrons. The highest BCUT2D eigenvalue weighted by molar-refractivity contribution is 7.14. The second-order valence-corrected chi connectivity index (χ2v) is 8.20. The van der Waals surface area contributed by atoms with E-state index in [0.29, 0.717) is 0 Å². The fourth-order valence-corrected chi connectivity index (χ4v) is 5.15. The molecular formula is C19H25N3OS. The van der Waals surface area contributed by atoms with Gasteiger partial charge in [-0.3, -0.25) is 9.48 Å². The van der Waals surface area contributed by atoms with Crippen LogP contribution in [0.2, 0.25) is 0 Å². The first-order chi connectivity index (χ1) is 11.8. The summed E-state index contributed by atoms with van der Waals surface area (Å²) >= 11 is 1.74. The zero-order valence-corrected chi connectivity index (χ0v) is 14.9. The number of carbonyl (C=O) groups is 1. The largest absolute Gasteiger partial charge is 0.338 e. The maximum absolute atomic E-state index is 12.8. The molecule has 128 valence electrons. The van der Waals surface area contributed by atoms with Gasteiger partial charge in [-0.2, -0.15) is 5.10 Å². The lowest BCUT2D eigenvalue weighted by Crippen LogP contribution is -2.38. The molecule has 5 heteroatoms. The Morgan fingerprint density at radius 2 is 2.08 bits per heavy atom. The van der Waals surface area contributed by atoms with Gasteiger partial charge in [0.05, 0.1) is 4.88 Å². The van der Waals surface area contributed by atoms with Gasteiger partial charge in [-0.15, -0.1) is 11.3 Å². The van der Waals surface area contributed by atoms with Gasteiger partial charge in [-0.25, -0.2) is 0 Å². The molecule has 1 saturated heterocycles. The monoisotopic (exact) mass is 343 g/mol.